The molecule has 1 amide bonds. The molecule has 1 aromatic carbocycles. The van der Waals surface area contributed by atoms with Gasteiger partial charge >= 0.3 is 12.1 Å². The summed E-state index contributed by atoms with van der Waals surface area (Å²) in [6.45, 7) is 3.59. The van der Waals surface area contributed by atoms with E-state index < -0.39 is 18.1 Å². The van der Waals surface area contributed by atoms with Crippen molar-refractivity contribution in [2.75, 3.05) is 11.5 Å². The van der Waals surface area contributed by atoms with Crippen LogP contribution in [0.1, 0.15) is 12.0 Å². The first kappa shape index (κ1) is 13.1. The number of nitrogens with zero attached hydrogens (tertiary/aromatic N) is 1. The first-order chi connectivity index (χ1) is 9.13. The molecule has 100 valence electrons. The lowest BCUT2D eigenvalue weighted by molar-refractivity contribution is -0.137. The Kier molecular flexibility index (Phi) is 3.85. The highest BCUT2D eigenvalue weighted by Crippen LogP contribution is 2.33. The van der Waals surface area contributed by atoms with Crippen molar-refractivity contribution >= 4 is 17.7 Å². The number of aliphatic carboxylic acids is 1. The second-order valence-corrected chi connectivity index (χ2v) is 4.32. The van der Waals surface area contributed by atoms with Crippen molar-refractivity contribution in [3.8, 4) is 0 Å². The number of hydrogen-bond acceptors (Lipinski definition) is 3. The van der Waals surface area contributed by atoms with Gasteiger partial charge < -0.3 is 9.84 Å². The third-order valence-electron chi connectivity index (χ3n) is 3.00. The van der Waals surface area contributed by atoms with Crippen LogP contribution in [0.3, 0.4) is 0 Å². The maximum atomic E-state index is 12.0. The minimum Gasteiger partial charge on any atom is -0.481 e. The van der Waals surface area contributed by atoms with Crippen LogP contribution in [-0.4, -0.2) is 29.8 Å². The molecular weight excluding hydrogens is 246 g/mol. The van der Waals surface area contributed by atoms with Gasteiger partial charge in [0, 0.05) is 0 Å². The third-order valence-corrected chi connectivity index (χ3v) is 3.00. The van der Waals surface area contributed by atoms with E-state index in [-0.39, 0.29) is 13.0 Å². The number of rotatable bonds is 4. The summed E-state index contributed by atoms with van der Waals surface area (Å²) in [6, 6.07) is 6.98. The molecule has 1 aliphatic heterocycles. The summed E-state index contributed by atoms with van der Waals surface area (Å²) >= 11 is 0. The summed E-state index contributed by atoms with van der Waals surface area (Å²) in [5.41, 5.74) is 1.69. The maximum Gasteiger partial charge on any atom is 0.414 e. The maximum absolute atomic E-state index is 12.0. The van der Waals surface area contributed by atoms with Crippen LogP contribution in [0.2, 0.25) is 0 Å². The molecule has 1 unspecified atom stereocenters. The second-order valence-electron chi connectivity index (χ2n) is 4.32. The zero-order valence-electron chi connectivity index (χ0n) is 10.4. The predicted molar refractivity (Wildman–Crippen MR) is 70.2 cm³/mol. The number of hydrogen-bond donors (Lipinski definition) is 1. The van der Waals surface area contributed by atoms with E-state index >= 15 is 0 Å². The highest BCUT2D eigenvalue weighted by Gasteiger charge is 2.35. The Morgan fingerprint density at radius 2 is 2.21 bits per heavy atom. The highest BCUT2D eigenvalue weighted by atomic mass is 16.6. The van der Waals surface area contributed by atoms with Crippen molar-refractivity contribution in [1.82, 2.24) is 0 Å². The molecule has 5 nitrogen and oxygen atoms in total. The first-order valence-electron chi connectivity index (χ1n) is 6.00. The van der Waals surface area contributed by atoms with Crippen molar-refractivity contribution in [3.63, 3.8) is 0 Å². The van der Waals surface area contributed by atoms with E-state index in [9.17, 15) is 9.59 Å². The minimum absolute atomic E-state index is 0.0993. The molecule has 1 aliphatic rings. The van der Waals surface area contributed by atoms with Crippen molar-refractivity contribution in [1.29, 1.82) is 0 Å². The van der Waals surface area contributed by atoms with Gasteiger partial charge in [-0.1, -0.05) is 30.9 Å². The Morgan fingerprint density at radius 1 is 1.47 bits per heavy atom. The zero-order valence-corrected chi connectivity index (χ0v) is 10.4. The smallest absolute Gasteiger partial charge is 0.414 e. The van der Waals surface area contributed by atoms with Crippen LogP contribution >= 0.6 is 0 Å². The molecule has 1 aromatic rings. The summed E-state index contributed by atoms with van der Waals surface area (Å²) in [6.07, 6.45) is 1.38. The van der Waals surface area contributed by atoms with Crippen LogP contribution < -0.4 is 4.90 Å². The average Bonchev–Trinajstić information content (AvgIpc) is 2.72. The molecule has 5 heteroatoms. The number of ether oxygens (including phenoxy) is 1. The van der Waals surface area contributed by atoms with Crippen LogP contribution in [-0.2, 0) is 16.0 Å². The van der Waals surface area contributed by atoms with E-state index in [0.29, 0.717) is 6.42 Å². The largest absolute Gasteiger partial charge is 0.481 e. The van der Waals surface area contributed by atoms with E-state index in [1.54, 1.807) is 6.07 Å². The van der Waals surface area contributed by atoms with Crippen molar-refractivity contribution in [3.05, 3.63) is 42.5 Å². The van der Waals surface area contributed by atoms with Gasteiger partial charge in [-0.15, -0.1) is 0 Å². The Hall–Kier alpha value is -2.30. The molecule has 0 saturated carbocycles. The summed E-state index contributed by atoms with van der Waals surface area (Å²) in [4.78, 5) is 24.3. The Balaban J connectivity index is 2.25. The number of para-hydroxylation sites is 1. The lowest BCUT2D eigenvalue weighted by atomic mass is 10.1. The molecule has 0 aliphatic carbocycles. The van der Waals surface area contributed by atoms with Gasteiger partial charge in [-0.25, -0.2) is 4.79 Å². The van der Waals surface area contributed by atoms with E-state index in [0.717, 1.165) is 11.3 Å². The quantitative estimate of drug-likeness (QED) is 0.844. The van der Waals surface area contributed by atoms with Gasteiger partial charge in [0.2, 0.25) is 0 Å². The summed E-state index contributed by atoms with van der Waals surface area (Å²) in [7, 11) is 0. The lowest BCUT2D eigenvalue weighted by Gasteiger charge is -2.23. The number of carbonyl (C=O) groups excluding carboxylic acids is 1. The molecule has 19 heavy (non-hydrogen) atoms. The van der Waals surface area contributed by atoms with Crippen LogP contribution in [0.4, 0.5) is 10.5 Å². The summed E-state index contributed by atoms with van der Waals surface area (Å²) < 4.78 is 5.02. The molecule has 1 heterocycles. The number of carboxylic acid groups (broad SMARTS) is 1. The van der Waals surface area contributed by atoms with Crippen LogP contribution in [0, 0.1) is 0 Å². The van der Waals surface area contributed by atoms with Gasteiger partial charge in [-0.3, -0.25) is 9.69 Å². The molecule has 0 saturated heterocycles. The number of benzene rings is 1. The van der Waals surface area contributed by atoms with E-state index in [1.807, 2.05) is 18.2 Å². The second kappa shape index (κ2) is 5.56. The van der Waals surface area contributed by atoms with Gasteiger partial charge in [0.15, 0.2) is 0 Å². The first-order valence-corrected chi connectivity index (χ1v) is 6.00. The van der Waals surface area contributed by atoms with Gasteiger partial charge in [-0.2, -0.15) is 0 Å². The third kappa shape index (κ3) is 2.76. The average molecular weight is 261 g/mol. The van der Waals surface area contributed by atoms with Gasteiger partial charge in [-0.05, 0) is 18.1 Å². The van der Waals surface area contributed by atoms with Crippen LogP contribution in [0.15, 0.2) is 36.9 Å². The fourth-order valence-corrected chi connectivity index (χ4v) is 2.27. The van der Waals surface area contributed by atoms with E-state index in [1.165, 1.54) is 11.0 Å². The fraction of sp³-hybridized carbons (Fsp3) is 0.286. The van der Waals surface area contributed by atoms with Crippen molar-refractivity contribution in [2.45, 2.75) is 18.9 Å². The van der Waals surface area contributed by atoms with Crippen molar-refractivity contribution < 1.29 is 19.4 Å². The Labute approximate surface area is 111 Å². The highest BCUT2D eigenvalue weighted by molar-refractivity contribution is 5.92. The Bertz CT molecular complexity index is 512. The standard InChI is InChI=1S/C14H15NO4/c1-2-7-19-14(18)15-11(9-13(16)17)8-10-5-3-4-6-12(10)15/h2-6,11H,1,7-9H2,(H,16,17). The topological polar surface area (TPSA) is 66.8 Å². The minimum atomic E-state index is -0.931. The number of fused-ring (bicyclic) bond motifs is 1. The molecule has 0 fully saturated rings. The number of carboxylic acids is 1. The predicted octanol–water partition coefficient (Wildman–Crippen LogP) is 2.21. The number of amides is 1. The fourth-order valence-electron chi connectivity index (χ4n) is 2.27. The molecule has 0 radical (unpaired) electrons. The van der Waals surface area contributed by atoms with Crippen LogP contribution in [0.25, 0.3) is 0 Å². The number of anilines is 1. The zero-order chi connectivity index (χ0) is 13.8. The SMILES string of the molecule is C=CCOC(=O)N1c2ccccc2CC1CC(=O)O. The normalized spacial score (nSPS) is 16.8. The molecular formula is C14H15NO4. The summed E-state index contributed by atoms with van der Waals surface area (Å²) in [5.74, 6) is -0.931. The van der Waals surface area contributed by atoms with Crippen molar-refractivity contribution in [2.24, 2.45) is 0 Å². The van der Waals surface area contributed by atoms with Gasteiger partial charge in [0.1, 0.15) is 6.61 Å². The molecule has 1 atom stereocenters. The van der Waals surface area contributed by atoms with Gasteiger partial charge in [0.25, 0.3) is 0 Å². The summed E-state index contributed by atoms with van der Waals surface area (Å²) in [5, 5.41) is 8.93. The monoisotopic (exact) mass is 261 g/mol. The molecule has 1 N–H and O–H groups in total. The molecule has 0 spiro atoms. The van der Waals surface area contributed by atoms with Crippen LogP contribution in [0.5, 0.6) is 0 Å². The van der Waals surface area contributed by atoms with E-state index in [2.05, 4.69) is 6.58 Å². The van der Waals surface area contributed by atoms with Gasteiger partial charge in [0.05, 0.1) is 18.2 Å². The molecule has 0 aromatic heterocycles. The molecule has 2 rings (SSSR count). The Morgan fingerprint density at radius 3 is 2.89 bits per heavy atom. The number of carbonyl (C=O) groups is 2. The molecule has 0 bridgehead atoms. The van der Waals surface area contributed by atoms with E-state index in [4.69, 9.17) is 9.84 Å². The lowest BCUT2D eigenvalue weighted by Crippen LogP contribution is -2.39.